The highest BCUT2D eigenvalue weighted by Crippen LogP contribution is 2.49. The molecule has 3 aromatic heterocycles. The van der Waals surface area contributed by atoms with Crippen LogP contribution < -0.4 is 0 Å². The fraction of sp³-hybridized carbons (Fsp3) is 0. The summed E-state index contributed by atoms with van der Waals surface area (Å²) in [6.07, 6.45) is 0. The van der Waals surface area contributed by atoms with Crippen molar-refractivity contribution < 1.29 is 0 Å². The van der Waals surface area contributed by atoms with E-state index in [-0.39, 0.29) is 0 Å². The van der Waals surface area contributed by atoms with Gasteiger partial charge in [0.25, 0.3) is 0 Å². The maximum absolute atomic E-state index is 4.80. The van der Waals surface area contributed by atoms with Crippen molar-refractivity contribution in [2.75, 3.05) is 0 Å². The summed E-state index contributed by atoms with van der Waals surface area (Å²) in [5.41, 5.74) is 10.2. The summed E-state index contributed by atoms with van der Waals surface area (Å²) in [7, 11) is 0. The number of hydrogen-bond acceptors (Lipinski definition) is 3. The minimum Gasteiger partial charge on any atom is -0.309 e. The number of nitrogens with zero attached hydrogens (tertiary/aromatic N) is 4. The molecule has 4 nitrogen and oxygen atoms in total. The molecule has 10 rings (SSSR count). The highest BCUT2D eigenvalue weighted by Gasteiger charge is 2.22. The smallest absolute Gasteiger partial charge is 0.168 e. The predicted molar refractivity (Wildman–Crippen MR) is 213 cm³/mol. The Bertz CT molecular complexity index is 2830. The molecule has 3 heterocycles. The van der Waals surface area contributed by atoms with Gasteiger partial charge in [0.05, 0.1) is 11.0 Å². The van der Waals surface area contributed by atoms with E-state index in [9.17, 15) is 0 Å². The Hall–Kier alpha value is -6.56. The summed E-state index contributed by atoms with van der Waals surface area (Å²) < 4.78 is 5.86. The van der Waals surface area contributed by atoms with Crippen molar-refractivity contribution in [3.8, 4) is 55.7 Å². The molecule has 0 bridgehead atoms. The zero-order valence-electron chi connectivity index (χ0n) is 27.5. The van der Waals surface area contributed by atoms with E-state index in [1.54, 1.807) is 0 Å². The van der Waals surface area contributed by atoms with Crippen molar-refractivity contribution in [3.05, 3.63) is 182 Å². The Labute approximate surface area is 299 Å². The van der Waals surface area contributed by atoms with E-state index in [0.29, 0.717) is 0 Å². The largest absolute Gasteiger partial charge is 0.309 e. The molecular weight excluding hydrogens is 641 g/mol. The first kappa shape index (κ1) is 29.4. The molecule has 0 radical (unpaired) electrons. The van der Waals surface area contributed by atoms with Crippen molar-refractivity contribution >= 4 is 43.2 Å². The molecule has 51 heavy (non-hydrogen) atoms. The van der Waals surface area contributed by atoms with Crippen LogP contribution in [0.5, 0.6) is 0 Å². The highest BCUT2D eigenvalue weighted by molar-refractivity contribution is 7.24. The van der Waals surface area contributed by atoms with Crippen LogP contribution in [0.2, 0.25) is 0 Å². The van der Waals surface area contributed by atoms with Gasteiger partial charge < -0.3 is 4.57 Å². The normalized spacial score (nSPS) is 11.5. The van der Waals surface area contributed by atoms with Crippen LogP contribution in [0, 0.1) is 0 Å². The number of rotatable bonds is 6. The van der Waals surface area contributed by atoms with E-state index in [1.165, 1.54) is 53.5 Å². The Balaban J connectivity index is 1.21. The van der Waals surface area contributed by atoms with Crippen LogP contribution in [0.15, 0.2) is 182 Å². The van der Waals surface area contributed by atoms with Gasteiger partial charge in [0.1, 0.15) is 0 Å². The summed E-state index contributed by atoms with van der Waals surface area (Å²) in [6.45, 7) is 0. The Morgan fingerprint density at radius 1 is 0.392 bits per heavy atom. The molecule has 0 aliphatic rings. The molecule has 10 aromatic rings. The van der Waals surface area contributed by atoms with Gasteiger partial charge in [0.15, 0.2) is 11.6 Å². The third kappa shape index (κ3) is 4.82. The second kappa shape index (κ2) is 12.1. The Morgan fingerprint density at radius 3 is 1.69 bits per heavy atom. The second-order valence-corrected chi connectivity index (χ2v) is 13.7. The number of hydrogen-bond donors (Lipinski definition) is 0. The van der Waals surface area contributed by atoms with E-state index in [4.69, 9.17) is 10.2 Å². The van der Waals surface area contributed by atoms with E-state index in [0.717, 1.165) is 34.2 Å². The zero-order chi connectivity index (χ0) is 33.7. The van der Waals surface area contributed by atoms with Crippen LogP contribution in [0.3, 0.4) is 0 Å². The van der Waals surface area contributed by atoms with E-state index >= 15 is 0 Å². The number of para-hydroxylation sites is 2. The maximum atomic E-state index is 4.80. The fourth-order valence-corrected chi connectivity index (χ4v) is 8.81. The van der Waals surface area contributed by atoms with Crippen LogP contribution in [-0.4, -0.2) is 19.3 Å². The van der Waals surface area contributed by atoms with Crippen LogP contribution in [-0.2, 0) is 0 Å². The molecule has 0 unspecified atom stereocenters. The van der Waals surface area contributed by atoms with E-state index < -0.39 is 0 Å². The van der Waals surface area contributed by atoms with Gasteiger partial charge >= 0.3 is 0 Å². The molecular formula is C46H30N4S. The van der Waals surface area contributed by atoms with Gasteiger partial charge in [-0.2, -0.15) is 0 Å². The minimum atomic E-state index is 0.795. The monoisotopic (exact) mass is 670 g/mol. The highest BCUT2D eigenvalue weighted by atomic mass is 32.1. The zero-order valence-corrected chi connectivity index (χ0v) is 28.3. The molecule has 0 amide bonds. The number of benzene rings is 7. The first-order valence-electron chi connectivity index (χ1n) is 17.1. The Morgan fingerprint density at radius 2 is 0.961 bits per heavy atom. The van der Waals surface area contributed by atoms with Gasteiger partial charge in [-0.3, -0.25) is 4.57 Å². The van der Waals surface area contributed by atoms with Gasteiger partial charge in [-0.1, -0.05) is 146 Å². The molecule has 0 aliphatic heterocycles. The van der Waals surface area contributed by atoms with Crippen molar-refractivity contribution in [3.63, 3.8) is 0 Å². The molecule has 7 aromatic carbocycles. The average Bonchev–Trinajstić information content (AvgIpc) is 3.92. The molecule has 0 fully saturated rings. The van der Waals surface area contributed by atoms with Crippen LogP contribution >= 0.6 is 11.3 Å². The Kier molecular flexibility index (Phi) is 6.96. The summed E-state index contributed by atoms with van der Waals surface area (Å²) in [6, 6.07) is 64.3. The maximum Gasteiger partial charge on any atom is 0.168 e. The minimum absolute atomic E-state index is 0.795. The van der Waals surface area contributed by atoms with Crippen molar-refractivity contribution in [1.82, 2.24) is 19.3 Å². The van der Waals surface area contributed by atoms with E-state index in [2.05, 4.69) is 167 Å². The summed E-state index contributed by atoms with van der Waals surface area (Å²) in [5.74, 6) is 1.60. The lowest BCUT2D eigenvalue weighted by Gasteiger charge is -2.13. The lowest BCUT2D eigenvalue weighted by molar-refractivity contribution is 1.07. The van der Waals surface area contributed by atoms with Gasteiger partial charge in [-0.05, 0) is 47.5 Å². The number of fused-ring (bicyclic) bond motifs is 5. The second-order valence-electron chi connectivity index (χ2n) is 12.7. The number of thiophene rings is 1. The first-order valence-corrected chi connectivity index (χ1v) is 17.9. The SMILES string of the molecule is c1ccc(-c2sc3c(ccc4c3c3ccccc3n4-c3cccc(-c4nnc(-c5ccccc5)n4-c4ccccc4)c3)c2-c2ccccc2)cc1. The summed E-state index contributed by atoms with van der Waals surface area (Å²) in [4.78, 5) is 1.29. The van der Waals surface area contributed by atoms with Gasteiger partial charge in [-0.25, -0.2) is 0 Å². The standard InChI is InChI=1S/C46H30N4S/c1-5-16-31(17-6-1)41-38-28-29-40-42(44(38)51-43(41)32-18-7-2-8-19-32)37-26-13-14-27-39(37)49(40)36-25-15-22-34(30-36)46-48-47-45(33-20-9-3-10-21-33)50(46)35-23-11-4-12-24-35/h1-30H. The molecule has 0 saturated heterocycles. The van der Waals surface area contributed by atoms with Crippen molar-refractivity contribution in [1.29, 1.82) is 0 Å². The third-order valence-corrected chi connectivity index (χ3v) is 10.9. The summed E-state index contributed by atoms with van der Waals surface area (Å²) in [5, 5.41) is 13.3. The fourth-order valence-electron chi connectivity index (χ4n) is 7.42. The molecule has 0 aliphatic carbocycles. The average molecular weight is 671 g/mol. The van der Waals surface area contributed by atoms with E-state index in [1.807, 2.05) is 35.6 Å². The summed E-state index contributed by atoms with van der Waals surface area (Å²) >= 11 is 1.89. The van der Waals surface area contributed by atoms with Gasteiger partial charge in [0.2, 0.25) is 0 Å². The molecule has 0 atom stereocenters. The van der Waals surface area contributed by atoms with Crippen LogP contribution in [0.4, 0.5) is 0 Å². The van der Waals surface area contributed by atoms with Crippen molar-refractivity contribution in [2.24, 2.45) is 0 Å². The molecule has 0 spiro atoms. The molecule has 5 heteroatoms. The topological polar surface area (TPSA) is 35.6 Å². The van der Waals surface area contributed by atoms with Crippen molar-refractivity contribution in [2.45, 2.75) is 0 Å². The van der Waals surface area contributed by atoms with Gasteiger partial charge in [-0.15, -0.1) is 21.5 Å². The molecule has 0 saturated carbocycles. The third-order valence-electron chi connectivity index (χ3n) is 9.66. The van der Waals surface area contributed by atoms with Gasteiger partial charge in [0, 0.05) is 53.8 Å². The predicted octanol–water partition coefficient (Wildman–Crippen LogP) is 12.2. The molecule has 0 N–H and O–H groups in total. The lowest BCUT2D eigenvalue weighted by atomic mass is 9.98. The van der Waals surface area contributed by atoms with Crippen LogP contribution in [0.1, 0.15) is 0 Å². The first-order chi connectivity index (χ1) is 25.3. The number of aromatic nitrogens is 4. The molecule has 240 valence electrons. The van der Waals surface area contributed by atoms with Crippen LogP contribution in [0.25, 0.3) is 87.6 Å². The quantitative estimate of drug-likeness (QED) is 0.176. The lowest BCUT2D eigenvalue weighted by Crippen LogP contribution is -2.01.